The van der Waals surface area contributed by atoms with Crippen LogP contribution in [0.5, 0.6) is 5.75 Å². The number of nitrogens with one attached hydrogen (secondary N) is 2. The fraction of sp³-hybridized carbons (Fsp3) is 0.294. The van der Waals surface area contributed by atoms with Gasteiger partial charge in [0.05, 0.1) is 6.54 Å². The number of fused-ring (bicyclic) bond motifs is 3. The molecule has 8 nitrogen and oxygen atoms in total. The van der Waals surface area contributed by atoms with Crippen molar-refractivity contribution in [3.8, 4) is 5.75 Å². The minimum atomic E-state index is -0.215. The number of imidazole rings is 1. The first-order chi connectivity index (χ1) is 12.6. The zero-order valence-electron chi connectivity index (χ0n) is 14.2. The summed E-state index contributed by atoms with van der Waals surface area (Å²) in [4.78, 5) is 23.8. The predicted octanol–water partition coefficient (Wildman–Crippen LogP) is 2.05. The number of aromatic amines is 2. The van der Waals surface area contributed by atoms with Crippen LogP contribution in [-0.4, -0.2) is 29.3 Å². The number of rotatable bonds is 5. The van der Waals surface area contributed by atoms with E-state index >= 15 is 0 Å². The number of H-pyrrole nitrogens is 2. The van der Waals surface area contributed by atoms with E-state index in [1.54, 1.807) is 16.7 Å². The van der Waals surface area contributed by atoms with Gasteiger partial charge >= 0.3 is 5.69 Å². The smallest absolute Gasteiger partial charge is 0.409 e. The second-order valence-electron chi connectivity index (χ2n) is 6.18. The van der Waals surface area contributed by atoms with Crippen molar-refractivity contribution in [2.45, 2.75) is 32.7 Å². The molecule has 1 aromatic carbocycles. The normalized spacial score (nSPS) is 11.6. The fourth-order valence-electron chi connectivity index (χ4n) is 2.99. The molecule has 0 saturated heterocycles. The molecule has 3 N–H and O–H groups in total. The third-order valence-corrected chi connectivity index (χ3v) is 4.69. The number of hydrogen-bond donors (Lipinski definition) is 2. The average Bonchev–Trinajstić information content (AvgIpc) is 3.20. The van der Waals surface area contributed by atoms with Crippen molar-refractivity contribution in [1.82, 2.24) is 24.1 Å². The number of benzene rings is 1. The minimum Gasteiger partial charge on any atom is -0.508 e. The molecule has 0 saturated carbocycles. The molecule has 26 heavy (non-hydrogen) atoms. The lowest BCUT2D eigenvalue weighted by Crippen LogP contribution is -2.30. The van der Waals surface area contributed by atoms with E-state index in [0.717, 1.165) is 23.9 Å². The predicted molar refractivity (Wildman–Crippen MR) is 99.2 cm³/mol. The Morgan fingerprint density at radius 3 is 2.81 bits per heavy atom. The molecule has 0 unspecified atom stereocenters. The Balaban J connectivity index is 1.86. The summed E-state index contributed by atoms with van der Waals surface area (Å²) in [5.74, 6) is 0.761. The van der Waals surface area contributed by atoms with Crippen LogP contribution in [-0.2, 0) is 13.0 Å². The van der Waals surface area contributed by atoms with Gasteiger partial charge in [-0.25, -0.2) is 19.3 Å². The van der Waals surface area contributed by atoms with Gasteiger partial charge in [0.1, 0.15) is 5.75 Å². The van der Waals surface area contributed by atoms with Crippen LogP contribution in [0.4, 0.5) is 0 Å². The van der Waals surface area contributed by atoms with E-state index < -0.39 is 0 Å². The van der Waals surface area contributed by atoms with Crippen molar-refractivity contribution in [2.75, 3.05) is 0 Å². The number of hydrogen-bond acceptors (Lipinski definition) is 4. The summed E-state index contributed by atoms with van der Waals surface area (Å²) in [5, 5.41) is 13.8. The number of phenols is 1. The zero-order chi connectivity index (χ0) is 18.3. The van der Waals surface area contributed by atoms with E-state index in [4.69, 9.17) is 0 Å². The summed E-state index contributed by atoms with van der Waals surface area (Å²) >= 11 is 3.40. The lowest BCUT2D eigenvalue weighted by Gasteiger charge is -2.00. The van der Waals surface area contributed by atoms with E-state index in [1.165, 1.54) is 4.52 Å². The highest BCUT2D eigenvalue weighted by atomic mass is 79.9. The molecular formula is C17H18BrN6O2+. The summed E-state index contributed by atoms with van der Waals surface area (Å²) < 4.78 is 3.71. The quantitative estimate of drug-likeness (QED) is 0.485. The largest absolute Gasteiger partial charge is 0.508 e. The molecule has 0 spiro atoms. The standard InChI is InChI=1S/C17H17BrN6O2/c1-2-3-8-23-14-13(20-16(18)21-14)15-19-12(22-24(15)17(23)26)9-10-4-6-11(25)7-5-10/h4-7,25H,2-3,8-9H2,1H3,(H,20,21)/p+1. The highest BCUT2D eigenvalue weighted by Gasteiger charge is 2.22. The first kappa shape index (κ1) is 16.8. The number of unbranched alkanes of at least 4 members (excludes halogenated alkanes) is 1. The summed E-state index contributed by atoms with van der Waals surface area (Å²) in [5.41, 5.74) is 2.67. The molecule has 4 rings (SSSR count). The van der Waals surface area contributed by atoms with E-state index in [-0.39, 0.29) is 11.4 Å². The number of nitrogens with zero attached hydrogens (tertiary/aromatic N) is 4. The van der Waals surface area contributed by atoms with Crippen LogP contribution < -0.4 is 10.7 Å². The third-order valence-electron chi connectivity index (χ3n) is 4.29. The molecule has 0 aliphatic heterocycles. The molecule has 9 heteroatoms. The summed E-state index contributed by atoms with van der Waals surface area (Å²) in [6, 6.07) is 6.88. The molecule has 0 amide bonds. The van der Waals surface area contributed by atoms with Crippen LogP contribution in [0.15, 0.2) is 33.8 Å². The van der Waals surface area contributed by atoms with Crippen LogP contribution in [0.3, 0.4) is 0 Å². The highest BCUT2D eigenvalue weighted by Crippen LogP contribution is 2.17. The SMILES string of the molecule is CCCCn1c(=O)n2nc(Cc3ccc(O)cc3)nc2c2[nH]c(Br)[nH+]c21. The Labute approximate surface area is 156 Å². The van der Waals surface area contributed by atoms with Crippen LogP contribution >= 0.6 is 15.9 Å². The van der Waals surface area contributed by atoms with E-state index in [9.17, 15) is 9.90 Å². The highest BCUT2D eigenvalue weighted by molar-refractivity contribution is 9.10. The lowest BCUT2D eigenvalue weighted by molar-refractivity contribution is -0.364. The molecule has 134 valence electrons. The van der Waals surface area contributed by atoms with Gasteiger partial charge in [0, 0.05) is 22.4 Å². The van der Waals surface area contributed by atoms with E-state index in [1.807, 2.05) is 12.1 Å². The first-order valence-corrected chi connectivity index (χ1v) is 9.23. The van der Waals surface area contributed by atoms with Crippen LogP contribution in [0.1, 0.15) is 31.2 Å². The maximum atomic E-state index is 12.9. The monoisotopic (exact) mass is 417 g/mol. The average molecular weight is 418 g/mol. The molecule has 3 heterocycles. The topological polar surface area (TPSA) is 102 Å². The second kappa shape index (κ2) is 6.56. The van der Waals surface area contributed by atoms with Gasteiger partial charge in [-0.15, -0.1) is 9.61 Å². The van der Waals surface area contributed by atoms with Crippen molar-refractivity contribution >= 4 is 32.7 Å². The lowest BCUT2D eigenvalue weighted by atomic mass is 10.1. The molecule has 0 atom stereocenters. The van der Waals surface area contributed by atoms with Crippen LogP contribution in [0.25, 0.3) is 16.8 Å². The van der Waals surface area contributed by atoms with E-state index in [2.05, 4.69) is 42.9 Å². The van der Waals surface area contributed by atoms with Gasteiger partial charge in [0.15, 0.2) is 5.82 Å². The minimum absolute atomic E-state index is 0.212. The molecule has 3 aromatic heterocycles. The summed E-state index contributed by atoms with van der Waals surface area (Å²) in [6.45, 7) is 2.69. The molecular weight excluding hydrogens is 400 g/mol. The Kier molecular flexibility index (Phi) is 4.23. The number of phenolic OH excluding ortho intramolecular Hbond substituents is 1. The molecule has 0 fully saturated rings. The Bertz CT molecular complexity index is 1140. The number of aromatic hydroxyl groups is 1. The Hall–Kier alpha value is -2.68. The van der Waals surface area contributed by atoms with Gasteiger partial charge in [-0.05, 0) is 24.1 Å². The number of aromatic nitrogens is 6. The Morgan fingerprint density at radius 2 is 2.08 bits per heavy atom. The van der Waals surface area contributed by atoms with Crippen LogP contribution in [0.2, 0.25) is 0 Å². The second-order valence-corrected chi connectivity index (χ2v) is 6.98. The van der Waals surface area contributed by atoms with Crippen LogP contribution in [0, 0.1) is 0 Å². The van der Waals surface area contributed by atoms with Crippen molar-refractivity contribution in [1.29, 1.82) is 0 Å². The third kappa shape index (κ3) is 2.88. The van der Waals surface area contributed by atoms with Gasteiger partial charge in [0.2, 0.25) is 11.2 Å². The van der Waals surface area contributed by atoms with E-state index in [0.29, 0.717) is 34.8 Å². The van der Waals surface area contributed by atoms with Crippen molar-refractivity contribution in [3.63, 3.8) is 0 Å². The Morgan fingerprint density at radius 1 is 1.31 bits per heavy atom. The van der Waals surface area contributed by atoms with Gasteiger partial charge in [0.25, 0.3) is 10.4 Å². The van der Waals surface area contributed by atoms with Crippen molar-refractivity contribution in [3.05, 3.63) is 50.9 Å². The number of aryl methyl sites for hydroxylation is 1. The maximum absolute atomic E-state index is 12.9. The maximum Gasteiger partial charge on any atom is 0.409 e. The number of halogens is 1. The van der Waals surface area contributed by atoms with Crippen molar-refractivity contribution < 1.29 is 10.1 Å². The zero-order valence-corrected chi connectivity index (χ0v) is 15.7. The molecule has 0 radical (unpaired) electrons. The van der Waals surface area contributed by atoms with Gasteiger partial charge < -0.3 is 5.11 Å². The molecule has 0 aliphatic rings. The fourth-order valence-corrected chi connectivity index (χ4v) is 3.37. The molecule has 4 aromatic rings. The van der Waals surface area contributed by atoms with Gasteiger partial charge in [-0.1, -0.05) is 25.5 Å². The molecule has 0 bridgehead atoms. The van der Waals surface area contributed by atoms with Gasteiger partial charge in [-0.2, -0.15) is 0 Å². The molecule has 0 aliphatic carbocycles. The summed E-state index contributed by atoms with van der Waals surface area (Å²) in [6.07, 6.45) is 2.36. The van der Waals surface area contributed by atoms with Gasteiger partial charge in [-0.3, -0.25) is 4.98 Å². The van der Waals surface area contributed by atoms with Crippen molar-refractivity contribution in [2.24, 2.45) is 0 Å². The first-order valence-electron chi connectivity index (χ1n) is 8.43. The summed E-state index contributed by atoms with van der Waals surface area (Å²) in [7, 11) is 0.